The standard InChI is InChI=1S/C12H10Cl2N2O/c1-7-4-12(16-6-10(7)15)17-11-5-8(13)2-3-9(11)14/h2-6H,15H2,1H3. The first-order valence-corrected chi connectivity index (χ1v) is 5.67. The summed E-state index contributed by atoms with van der Waals surface area (Å²) in [5.41, 5.74) is 7.19. The average Bonchev–Trinajstić information content (AvgIpc) is 2.29. The largest absolute Gasteiger partial charge is 0.437 e. The number of hydrogen-bond donors (Lipinski definition) is 1. The number of anilines is 1. The molecule has 3 nitrogen and oxygen atoms in total. The van der Waals surface area contributed by atoms with E-state index in [0.717, 1.165) is 5.56 Å². The molecule has 17 heavy (non-hydrogen) atoms. The molecule has 0 radical (unpaired) electrons. The van der Waals surface area contributed by atoms with E-state index in [-0.39, 0.29) is 0 Å². The van der Waals surface area contributed by atoms with Gasteiger partial charge in [-0.15, -0.1) is 0 Å². The van der Waals surface area contributed by atoms with Crippen LogP contribution in [0, 0.1) is 6.92 Å². The van der Waals surface area contributed by atoms with Crippen LogP contribution in [-0.4, -0.2) is 4.98 Å². The molecule has 0 saturated carbocycles. The third kappa shape index (κ3) is 2.81. The summed E-state index contributed by atoms with van der Waals surface area (Å²) in [4.78, 5) is 4.06. The van der Waals surface area contributed by atoms with Gasteiger partial charge in [0.05, 0.1) is 16.9 Å². The van der Waals surface area contributed by atoms with Gasteiger partial charge in [0, 0.05) is 17.2 Å². The van der Waals surface area contributed by atoms with Gasteiger partial charge in [-0.2, -0.15) is 0 Å². The first-order chi connectivity index (χ1) is 8.06. The third-order valence-electron chi connectivity index (χ3n) is 2.23. The molecule has 0 saturated heterocycles. The maximum Gasteiger partial charge on any atom is 0.219 e. The van der Waals surface area contributed by atoms with Gasteiger partial charge >= 0.3 is 0 Å². The Morgan fingerprint density at radius 2 is 2.00 bits per heavy atom. The van der Waals surface area contributed by atoms with Gasteiger partial charge in [0.15, 0.2) is 0 Å². The summed E-state index contributed by atoms with van der Waals surface area (Å²) in [6.07, 6.45) is 1.54. The van der Waals surface area contributed by atoms with E-state index in [1.807, 2.05) is 6.92 Å². The summed E-state index contributed by atoms with van der Waals surface area (Å²) in [5, 5.41) is 1.03. The molecule has 0 unspecified atom stereocenters. The maximum absolute atomic E-state index is 5.98. The zero-order valence-corrected chi connectivity index (χ0v) is 10.6. The Balaban J connectivity index is 2.31. The van der Waals surface area contributed by atoms with E-state index in [9.17, 15) is 0 Å². The summed E-state index contributed by atoms with van der Waals surface area (Å²) in [6.45, 7) is 1.88. The molecular formula is C12H10Cl2N2O. The molecule has 1 aromatic heterocycles. The summed E-state index contributed by atoms with van der Waals surface area (Å²) in [5.74, 6) is 0.900. The summed E-state index contributed by atoms with van der Waals surface area (Å²) in [7, 11) is 0. The van der Waals surface area contributed by atoms with Crippen molar-refractivity contribution in [3.8, 4) is 11.6 Å². The van der Waals surface area contributed by atoms with Crippen LogP contribution in [0.3, 0.4) is 0 Å². The van der Waals surface area contributed by atoms with Gasteiger partial charge in [-0.05, 0) is 24.6 Å². The Kier molecular flexibility index (Phi) is 3.41. The van der Waals surface area contributed by atoms with Gasteiger partial charge < -0.3 is 10.5 Å². The SMILES string of the molecule is Cc1cc(Oc2cc(Cl)ccc2Cl)ncc1N. The molecule has 0 atom stereocenters. The molecule has 0 bridgehead atoms. The van der Waals surface area contributed by atoms with E-state index in [1.165, 1.54) is 0 Å². The molecule has 2 rings (SSSR count). The quantitative estimate of drug-likeness (QED) is 0.893. The van der Waals surface area contributed by atoms with E-state index in [2.05, 4.69) is 4.98 Å². The summed E-state index contributed by atoms with van der Waals surface area (Å²) in [6, 6.07) is 6.74. The van der Waals surface area contributed by atoms with Gasteiger partial charge in [0.25, 0.3) is 0 Å². The normalized spacial score (nSPS) is 10.3. The van der Waals surface area contributed by atoms with Crippen molar-refractivity contribution < 1.29 is 4.74 Å². The molecule has 2 N–H and O–H groups in total. The van der Waals surface area contributed by atoms with Crippen molar-refractivity contribution in [1.29, 1.82) is 0 Å². The number of ether oxygens (including phenoxy) is 1. The molecule has 2 aromatic rings. The summed E-state index contributed by atoms with van der Waals surface area (Å²) >= 11 is 11.8. The minimum Gasteiger partial charge on any atom is -0.437 e. The predicted molar refractivity (Wildman–Crippen MR) is 69.9 cm³/mol. The fraction of sp³-hybridized carbons (Fsp3) is 0.0833. The monoisotopic (exact) mass is 268 g/mol. The molecule has 1 aromatic carbocycles. The van der Waals surface area contributed by atoms with Crippen LogP contribution in [0.4, 0.5) is 5.69 Å². The Morgan fingerprint density at radius 1 is 1.24 bits per heavy atom. The zero-order chi connectivity index (χ0) is 12.4. The van der Waals surface area contributed by atoms with Gasteiger partial charge in [0.2, 0.25) is 5.88 Å². The molecule has 1 heterocycles. The number of hydrogen-bond acceptors (Lipinski definition) is 3. The summed E-state index contributed by atoms with van der Waals surface area (Å²) < 4.78 is 5.54. The average molecular weight is 269 g/mol. The lowest BCUT2D eigenvalue weighted by atomic mass is 10.2. The van der Waals surface area contributed by atoms with Crippen LogP contribution in [-0.2, 0) is 0 Å². The second-order valence-corrected chi connectivity index (χ2v) is 4.40. The molecule has 0 aliphatic carbocycles. The van der Waals surface area contributed by atoms with Gasteiger partial charge in [0.1, 0.15) is 5.75 Å². The third-order valence-corrected chi connectivity index (χ3v) is 2.78. The van der Waals surface area contributed by atoms with Crippen molar-refractivity contribution in [3.05, 3.63) is 46.1 Å². The number of halogens is 2. The number of nitrogens with two attached hydrogens (primary N) is 1. The lowest BCUT2D eigenvalue weighted by Gasteiger charge is -2.08. The molecule has 0 fully saturated rings. The van der Waals surface area contributed by atoms with Crippen molar-refractivity contribution in [2.24, 2.45) is 0 Å². The molecule has 5 heteroatoms. The van der Waals surface area contributed by atoms with Gasteiger partial charge in [-0.3, -0.25) is 0 Å². The van der Waals surface area contributed by atoms with Crippen LogP contribution in [0.2, 0.25) is 10.0 Å². The van der Waals surface area contributed by atoms with Crippen LogP contribution >= 0.6 is 23.2 Å². The van der Waals surface area contributed by atoms with Crippen molar-refractivity contribution in [2.75, 3.05) is 5.73 Å². The highest BCUT2D eigenvalue weighted by atomic mass is 35.5. The minimum absolute atomic E-state index is 0.431. The number of nitrogen functional groups attached to an aromatic ring is 1. The van der Waals surface area contributed by atoms with E-state index in [4.69, 9.17) is 33.7 Å². The Morgan fingerprint density at radius 3 is 2.71 bits per heavy atom. The molecule has 88 valence electrons. The maximum atomic E-state index is 5.98. The van der Waals surface area contributed by atoms with E-state index >= 15 is 0 Å². The molecule has 0 aliphatic heterocycles. The number of nitrogens with zero attached hydrogens (tertiary/aromatic N) is 1. The van der Waals surface area contributed by atoms with E-state index in [1.54, 1.807) is 30.5 Å². The smallest absolute Gasteiger partial charge is 0.219 e. The molecule has 0 amide bonds. The second kappa shape index (κ2) is 4.82. The van der Waals surface area contributed by atoms with Crippen molar-refractivity contribution in [1.82, 2.24) is 4.98 Å². The zero-order valence-electron chi connectivity index (χ0n) is 9.08. The van der Waals surface area contributed by atoms with E-state index in [0.29, 0.717) is 27.4 Å². The van der Waals surface area contributed by atoms with E-state index < -0.39 is 0 Å². The first-order valence-electron chi connectivity index (χ1n) is 4.91. The first kappa shape index (κ1) is 12.0. The second-order valence-electron chi connectivity index (χ2n) is 3.56. The highest BCUT2D eigenvalue weighted by Crippen LogP contribution is 2.31. The number of rotatable bonds is 2. The number of aromatic nitrogens is 1. The van der Waals surface area contributed by atoms with Crippen LogP contribution in [0.5, 0.6) is 11.6 Å². The topological polar surface area (TPSA) is 48.1 Å². The lowest BCUT2D eigenvalue weighted by Crippen LogP contribution is -1.94. The fourth-order valence-corrected chi connectivity index (χ4v) is 1.58. The van der Waals surface area contributed by atoms with Crippen molar-refractivity contribution in [2.45, 2.75) is 6.92 Å². The Hall–Kier alpha value is -1.45. The molecule has 0 aliphatic rings. The minimum atomic E-state index is 0.431. The van der Waals surface area contributed by atoms with Gasteiger partial charge in [-0.1, -0.05) is 23.2 Å². The van der Waals surface area contributed by atoms with Crippen LogP contribution in [0.25, 0.3) is 0 Å². The van der Waals surface area contributed by atoms with Gasteiger partial charge in [-0.25, -0.2) is 4.98 Å². The lowest BCUT2D eigenvalue weighted by molar-refractivity contribution is 0.463. The van der Waals surface area contributed by atoms with Crippen LogP contribution in [0.15, 0.2) is 30.5 Å². The molecular weight excluding hydrogens is 259 g/mol. The fourth-order valence-electron chi connectivity index (χ4n) is 1.26. The number of aryl methyl sites for hydroxylation is 1. The van der Waals surface area contributed by atoms with Crippen molar-refractivity contribution >= 4 is 28.9 Å². The predicted octanol–water partition coefficient (Wildman–Crippen LogP) is 4.07. The number of pyridine rings is 1. The highest BCUT2D eigenvalue weighted by Gasteiger charge is 2.06. The Bertz CT molecular complexity index is 558. The van der Waals surface area contributed by atoms with Crippen LogP contribution < -0.4 is 10.5 Å². The number of benzene rings is 1. The Labute approximate surface area is 109 Å². The molecule has 0 spiro atoms. The van der Waals surface area contributed by atoms with Crippen LogP contribution in [0.1, 0.15) is 5.56 Å². The van der Waals surface area contributed by atoms with Crippen molar-refractivity contribution in [3.63, 3.8) is 0 Å². The highest BCUT2D eigenvalue weighted by molar-refractivity contribution is 6.34.